The van der Waals surface area contributed by atoms with Crippen molar-refractivity contribution in [3.63, 3.8) is 0 Å². The molecule has 2 aromatic rings. The van der Waals surface area contributed by atoms with Crippen LogP contribution in [0, 0.1) is 0 Å². The summed E-state index contributed by atoms with van der Waals surface area (Å²) >= 11 is 0. The fraction of sp³-hybridized carbons (Fsp3) is 0.154. The highest BCUT2D eigenvalue weighted by Gasteiger charge is 2.10. The SMILES string of the molecule is CC(NC(=O)n1ccnc1)c1ccc(NC(N)=O)cc1. The molecular formula is C13H15N5O2. The van der Waals surface area contributed by atoms with Crippen LogP contribution in [0.1, 0.15) is 18.5 Å². The monoisotopic (exact) mass is 273 g/mol. The van der Waals surface area contributed by atoms with Gasteiger partial charge >= 0.3 is 12.1 Å². The molecule has 4 N–H and O–H groups in total. The summed E-state index contributed by atoms with van der Waals surface area (Å²) in [5, 5.41) is 5.30. The minimum absolute atomic E-state index is 0.174. The molecule has 3 amide bonds. The molecule has 2 rings (SSSR count). The number of amides is 3. The van der Waals surface area contributed by atoms with Gasteiger partial charge < -0.3 is 16.4 Å². The van der Waals surface area contributed by atoms with Crippen LogP contribution in [-0.2, 0) is 0 Å². The number of urea groups is 1. The Kier molecular flexibility index (Phi) is 3.99. The topological polar surface area (TPSA) is 102 Å². The van der Waals surface area contributed by atoms with Crippen LogP contribution < -0.4 is 16.4 Å². The largest absolute Gasteiger partial charge is 0.351 e. The lowest BCUT2D eigenvalue weighted by Crippen LogP contribution is -2.30. The van der Waals surface area contributed by atoms with Gasteiger partial charge in [-0.15, -0.1) is 0 Å². The van der Waals surface area contributed by atoms with Crippen LogP contribution in [0.15, 0.2) is 43.0 Å². The second kappa shape index (κ2) is 5.87. The first-order chi connectivity index (χ1) is 9.56. The fourth-order valence-corrected chi connectivity index (χ4v) is 1.72. The third-order valence-corrected chi connectivity index (χ3v) is 2.76. The van der Waals surface area contributed by atoms with Crippen LogP contribution in [0.25, 0.3) is 0 Å². The lowest BCUT2D eigenvalue weighted by Gasteiger charge is -2.14. The van der Waals surface area contributed by atoms with E-state index in [4.69, 9.17) is 5.73 Å². The highest BCUT2D eigenvalue weighted by atomic mass is 16.2. The summed E-state index contributed by atoms with van der Waals surface area (Å²) in [6.07, 6.45) is 4.54. The Morgan fingerprint density at radius 3 is 2.55 bits per heavy atom. The molecule has 104 valence electrons. The number of aromatic nitrogens is 2. The summed E-state index contributed by atoms with van der Waals surface area (Å²) in [4.78, 5) is 26.4. The molecule has 1 aromatic heterocycles. The molecule has 0 aliphatic heterocycles. The average Bonchev–Trinajstić information content (AvgIpc) is 2.92. The molecule has 0 saturated heterocycles. The van der Waals surface area contributed by atoms with E-state index in [0.29, 0.717) is 5.69 Å². The van der Waals surface area contributed by atoms with E-state index in [1.165, 1.54) is 17.1 Å². The summed E-state index contributed by atoms with van der Waals surface area (Å²) in [6.45, 7) is 1.87. The fourth-order valence-electron chi connectivity index (χ4n) is 1.72. The lowest BCUT2D eigenvalue weighted by atomic mass is 10.1. The number of nitrogens with one attached hydrogen (secondary N) is 2. The molecule has 20 heavy (non-hydrogen) atoms. The molecule has 0 fully saturated rings. The number of hydrogen-bond acceptors (Lipinski definition) is 3. The number of nitrogens with zero attached hydrogens (tertiary/aromatic N) is 2. The van der Waals surface area contributed by atoms with Gasteiger partial charge in [-0.05, 0) is 24.6 Å². The predicted molar refractivity (Wildman–Crippen MR) is 74.2 cm³/mol. The molecule has 0 saturated carbocycles. The maximum atomic E-state index is 11.8. The number of carbonyl (C=O) groups excluding carboxylic acids is 2. The molecular weight excluding hydrogens is 258 g/mol. The van der Waals surface area contributed by atoms with E-state index < -0.39 is 6.03 Å². The van der Waals surface area contributed by atoms with Gasteiger partial charge in [-0.1, -0.05) is 12.1 Å². The first-order valence-corrected chi connectivity index (χ1v) is 6.01. The van der Waals surface area contributed by atoms with Crippen molar-refractivity contribution in [1.82, 2.24) is 14.9 Å². The van der Waals surface area contributed by atoms with E-state index in [0.717, 1.165) is 5.56 Å². The normalized spacial score (nSPS) is 11.7. The quantitative estimate of drug-likeness (QED) is 0.793. The van der Waals surface area contributed by atoms with Gasteiger partial charge in [0.05, 0.1) is 6.04 Å². The Labute approximate surface area is 115 Å². The van der Waals surface area contributed by atoms with Gasteiger partial charge in [0.15, 0.2) is 0 Å². The first kappa shape index (κ1) is 13.6. The van der Waals surface area contributed by atoms with Gasteiger partial charge in [-0.2, -0.15) is 0 Å². The summed E-state index contributed by atoms with van der Waals surface area (Å²) in [7, 11) is 0. The Balaban J connectivity index is 2.00. The number of primary amides is 1. The number of carbonyl (C=O) groups is 2. The number of nitrogens with two attached hydrogens (primary N) is 1. The van der Waals surface area contributed by atoms with Crippen molar-refractivity contribution in [3.8, 4) is 0 Å². The van der Waals surface area contributed by atoms with Crippen LogP contribution in [0.4, 0.5) is 15.3 Å². The van der Waals surface area contributed by atoms with Crippen LogP contribution in [0.3, 0.4) is 0 Å². The standard InChI is InChI=1S/C13H15N5O2/c1-9(16-13(20)18-7-6-15-8-18)10-2-4-11(5-3-10)17-12(14)19/h2-9H,1H3,(H,16,20)(H3,14,17,19). The smallest absolute Gasteiger partial charge is 0.327 e. The van der Waals surface area contributed by atoms with Crippen LogP contribution in [0.2, 0.25) is 0 Å². The summed E-state index contributed by atoms with van der Waals surface area (Å²) < 4.78 is 1.36. The first-order valence-electron chi connectivity index (χ1n) is 6.01. The van der Waals surface area contributed by atoms with Crippen molar-refractivity contribution in [1.29, 1.82) is 0 Å². The molecule has 0 aliphatic rings. The van der Waals surface area contributed by atoms with Crippen LogP contribution in [-0.4, -0.2) is 21.6 Å². The molecule has 7 heteroatoms. The van der Waals surface area contributed by atoms with Gasteiger partial charge in [0.2, 0.25) is 0 Å². The molecule has 0 aliphatic carbocycles. The molecule has 1 aromatic carbocycles. The molecule has 0 spiro atoms. The Morgan fingerprint density at radius 2 is 2.00 bits per heavy atom. The van der Waals surface area contributed by atoms with Gasteiger partial charge in [0, 0.05) is 18.1 Å². The lowest BCUT2D eigenvalue weighted by molar-refractivity contribution is 0.239. The van der Waals surface area contributed by atoms with Crippen molar-refractivity contribution < 1.29 is 9.59 Å². The van der Waals surface area contributed by atoms with Crippen molar-refractivity contribution in [2.24, 2.45) is 5.73 Å². The summed E-state index contributed by atoms with van der Waals surface area (Å²) in [5.74, 6) is 0. The van der Waals surface area contributed by atoms with Crippen molar-refractivity contribution >= 4 is 17.7 Å². The highest BCUT2D eigenvalue weighted by molar-refractivity contribution is 5.87. The van der Waals surface area contributed by atoms with E-state index in [-0.39, 0.29) is 12.1 Å². The molecule has 1 unspecified atom stereocenters. The van der Waals surface area contributed by atoms with Crippen molar-refractivity contribution in [2.45, 2.75) is 13.0 Å². The van der Waals surface area contributed by atoms with Gasteiger partial charge in [-0.3, -0.25) is 4.57 Å². The number of rotatable bonds is 3. The van der Waals surface area contributed by atoms with E-state index in [1.54, 1.807) is 18.3 Å². The number of imidazole rings is 1. The van der Waals surface area contributed by atoms with Crippen LogP contribution >= 0.6 is 0 Å². The second-order valence-electron chi connectivity index (χ2n) is 4.25. The van der Waals surface area contributed by atoms with E-state index in [9.17, 15) is 9.59 Å². The second-order valence-corrected chi connectivity index (χ2v) is 4.25. The van der Waals surface area contributed by atoms with Crippen LogP contribution in [0.5, 0.6) is 0 Å². The predicted octanol–water partition coefficient (Wildman–Crippen LogP) is 1.69. The average molecular weight is 273 g/mol. The van der Waals surface area contributed by atoms with E-state index >= 15 is 0 Å². The molecule has 0 radical (unpaired) electrons. The number of anilines is 1. The molecule has 1 heterocycles. The third-order valence-electron chi connectivity index (χ3n) is 2.76. The van der Waals surface area contributed by atoms with E-state index in [1.807, 2.05) is 19.1 Å². The zero-order chi connectivity index (χ0) is 14.5. The third kappa shape index (κ3) is 3.35. The minimum Gasteiger partial charge on any atom is -0.351 e. The summed E-state index contributed by atoms with van der Waals surface area (Å²) in [5.41, 5.74) is 6.54. The van der Waals surface area contributed by atoms with Gasteiger partial charge in [0.1, 0.15) is 6.33 Å². The Hall–Kier alpha value is -2.83. The maximum Gasteiger partial charge on any atom is 0.327 e. The Morgan fingerprint density at radius 1 is 1.30 bits per heavy atom. The Bertz CT molecular complexity index is 592. The number of hydrogen-bond donors (Lipinski definition) is 3. The van der Waals surface area contributed by atoms with E-state index in [2.05, 4.69) is 15.6 Å². The maximum absolute atomic E-state index is 11.8. The van der Waals surface area contributed by atoms with Crippen molar-refractivity contribution in [2.75, 3.05) is 5.32 Å². The summed E-state index contributed by atoms with van der Waals surface area (Å²) in [6, 6.07) is 6.02. The highest BCUT2D eigenvalue weighted by Crippen LogP contribution is 2.16. The molecule has 7 nitrogen and oxygen atoms in total. The molecule has 0 bridgehead atoms. The molecule has 1 atom stereocenters. The minimum atomic E-state index is -0.612. The zero-order valence-corrected chi connectivity index (χ0v) is 10.9. The zero-order valence-electron chi connectivity index (χ0n) is 10.9. The number of benzene rings is 1. The van der Waals surface area contributed by atoms with Gasteiger partial charge in [-0.25, -0.2) is 14.6 Å². The van der Waals surface area contributed by atoms with Crippen molar-refractivity contribution in [3.05, 3.63) is 48.5 Å². The van der Waals surface area contributed by atoms with Gasteiger partial charge in [0.25, 0.3) is 0 Å².